The van der Waals surface area contributed by atoms with Gasteiger partial charge >= 0.3 is 0 Å². The first-order valence-corrected chi connectivity index (χ1v) is 5.59. The first-order valence-electron chi connectivity index (χ1n) is 4.80. The van der Waals surface area contributed by atoms with Gasteiger partial charge in [-0.05, 0) is 18.2 Å². The van der Waals surface area contributed by atoms with Gasteiger partial charge in [0, 0.05) is 18.6 Å². The Morgan fingerprint density at radius 2 is 2.00 bits per heavy atom. The van der Waals surface area contributed by atoms with Crippen molar-refractivity contribution in [3.63, 3.8) is 0 Å². The largest absolute Gasteiger partial charge is 0.480 e. The molecule has 1 aromatic carbocycles. The van der Waals surface area contributed by atoms with Crippen LogP contribution in [0.3, 0.4) is 0 Å². The lowest BCUT2D eigenvalue weighted by atomic mass is 10.2. The molecule has 4 nitrogen and oxygen atoms in total. The smallest absolute Gasteiger partial charge is 0.228 e. The summed E-state index contributed by atoms with van der Waals surface area (Å²) in [5, 5.41) is 0.913. The van der Waals surface area contributed by atoms with E-state index in [9.17, 15) is 0 Å². The fourth-order valence-electron chi connectivity index (χ4n) is 1.42. The lowest BCUT2D eigenvalue weighted by Crippen LogP contribution is -2.13. The van der Waals surface area contributed by atoms with Gasteiger partial charge in [-0.25, -0.2) is 4.98 Å². The van der Waals surface area contributed by atoms with Crippen molar-refractivity contribution < 1.29 is 4.74 Å². The Labute approximate surface area is 102 Å². The van der Waals surface area contributed by atoms with E-state index in [2.05, 4.69) is 25.9 Å². The van der Waals surface area contributed by atoms with Crippen LogP contribution in [0.2, 0.25) is 0 Å². The number of hydrogen-bond acceptors (Lipinski definition) is 4. The van der Waals surface area contributed by atoms with Gasteiger partial charge in [0.25, 0.3) is 0 Å². The summed E-state index contributed by atoms with van der Waals surface area (Å²) < 4.78 is 6.26. The SMILES string of the molecule is COc1nc(N(C)C)nc2cc(Br)ccc12. The number of rotatable bonds is 2. The van der Waals surface area contributed by atoms with Crippen molar-refractivity contribution in [3.8, 4) is 5.88 Å². The minimum atomic E-state index is 0.598. The van der Waals surface area contributed by atoms with Crippen LogP contribution in [0.1, 0.15) is 0 Å². The number of halogens is 1. The Hall–Kier alpha value is -1.36. The van der Waals surface area contributed by atoms with Crippen LogP contribution in [0.5, 0.6) is 5.88 Å². The van der Waals surface area contributed by atoms with Crippen LogP contribution in [-0.2, 0) is 0 Å². The fourth-order valence-corrected chi connectivity index (χ4v) is 1.77. The van der Waals surface area contributed by atoms with Crippen LogP contribution >= 0.6 is 15.9 Å². The molecule has 0 radical (unpaired) electrons. The van der Waals surface area contributed by atoms with E-state index in [-0.39, 0.29) is 0 Å². The number of methoxy groups -OCH3 is 1. The van der Waals surface area contributed by atoms with Gasteiger partial charge in [0.1, 0.15) is 0 Å². The zero-order chi connectivity index (χ0) is 11.7. The molecule has 2 aromatic rings. The van der Waals surface area contributed by atoms with E-state index in [1.165, 1.54) is 0 Å². The lowest BCUT2D eigenvalue weighted by Gasteiger charge is -2.12. The molecule has 5 heteroatoms. The van der Waals surface area contributed by atoms with Crippen LogP contribution in [0.25, 0.3) is 10.9 Å². The van der Waals surface area contributed by atoms with Crippen molar-refractivity contribution >= 4 is 32.8 Å². The first kappa shape index (κ1) is 11.1. The zero-order valence-corrected chi connectivity index (χ0v) is 10.9. The molecule has 1 aromatic heterocycles. The van der Waals surface area contributed by atoms with Crippen LogP contribution < -0.4 is 9.64 Å². The molecular weight excluding hydrogens is 270 g/mol. The van der Waals surface area contributed by atoms with E-state index in [1.807, 2.05) is 37.2 Å². The molecule has 1 heterocycles. The normalized spacial score (nSPS) is 10.5. The van der Waals surface area contributed by atoms with Gasteiger partial charge in [-0.2, -0.15) is 4.98 Å². The van der Waals surface area contributed by atoms with E-state index in [0.29, 0.717) is 11.8 Å². The fraction of sp³-hybridized carbons (Fsp3) is 0.273. The Balaban J connectivity index is 2.73. The standard InChI is InChI=1S/C11H12BrN3O/c1-15(2)11-13-9-6-7(12)4-5-8(9)10(14-11)16-3/h4-6H,1-3H3. The molecule has 0 amide bonds. The first-order chi connectivity index (χ1) is 7.61. The second kappa shape index (κ2) is 4.25. The molecule has 0 aliphatic heterocycles. The monoisotopic (exact) mass is 281 g/mol. The Morgan fingerprint density at radius 3 is 2.62 bits per heavy atom. The maximum absolute atomic E-state index is 5.27. The average Bonchev–Trinajstić information content (AvgIpc) is 2.26. The van der Waals surface area contributed by atoms with Gasteiger partial charge in [0.05, 0.1) is 18.0 Å². The summed E-state index contributed by atoms with van der Waals surface area (Å²) in [5.74, 6) is 1.24. The van der Waals surface area contributed by atoms with Crippen molar-refractivity contribution in [3.05, 3.63) is 22.7 Å². The third kappa shape index (κ3) is 1.95. The second-order valence-corrected chi connectivity index (χ2v) is 4.50. The summed E-state index contributed by atoms with van der Waals surface area (Å²) in [4.78, 5) is 10.6. The molecule has 0 saturated carbocycles. The molecule has 0 aliphatic rings. The molecule has 84 valence electrons. The van der Waals surface area contributed by atoms with Crippen molar-refractivity contribution in [1.82, 2.24) is 9.97 Å². The van der Waals surface area contributed by atoms with E-state index in [4.69, 9.17) is 4.74 Å². The topological polar surface area (TPSA) is 38.2 Å². The second-order valence-electron chi connectivity index (χ2n) is 3.59. The number of nitrogens with zero attached hydrogens (tertiary/aromatic N) is 3. The zero-order valence-electron chi connectivity index (χ0n) is 9.36. The van der Waals surface area contributed by atoms with Gasteiger partial charge < -0.3 is 9.64 Å². The third-order valence-corrected chi connectivity index (χ3v) is 2.70. The van der Waals surface area contributed by atoms with Gasteiger partial charge in [-0.15, -0.1) is 0 Å². The van der Waals surface area contributed by atoms with Crippen molar-refractivity contribution in [2.75, 3.05) is 26.1 Å². The number of hydrogen-bond donors (Lipinski definition) is 0. The molecular formula is C11H12BrN3O. The molecule has 0 atom stereocenters. The van der Waals surface area contributed by atoms with Crippen molar-refractivity contribution in [2.45, 2.75) is 0 Å². The van der Waals surface area contributed by atoms with Gasteiger partial charge in [0.15, 0.2) is 0 Å². The molecule has 0 saturated heterocycles. The summed E-state index contributed by atoms with van der Waals surface area (Å²) in [6, 6.07) is 5.84. The van der Waals surface area contributed by atoms with Crippen LogP contribution in [0, 0.1) is 0 Å². The number of benzene rings is 1. The Morgan fingerprint density at radius 1 is 1.25 bits per heavy atom. The van der Waals surface area contributed by atoms with Crippen LogP contribution in [0.15, 0.2) is 22.7 Å². The highest BCUT2D eigenvalue weighted by Crippen LogP contribution is 2.26. The summed E-state index contributed by atoms with van der Waals surface area (Å²) in [7, 11) is 5.42. The molecule has 0 fully saturated rings. The van der Waals surface area contributed by atoms with Gasteiger partial charge in [-0.1, -0.05) is 15.9 Å². The third-order valence-electron chi connectivity index (χ3n) is 2.21. The van der Waals surface area contributed by atoms with Crippen molar-refractivity contribution in [2.24, 2.45) is 0 Å². The van der Waals surface area contributed by atoms with E-state index >= 15 is 0 Å². The minimum Gasteiger partial charge on any atom is -0.480 e. The Kier molecular flexibility index (Phi) is 2.96. The van der Waals surface area contributed by atoms with Crippen LogP contribution in [-0.4, -0.2) is 31.2 Å². The highest BCUT2D eigenvalue weighted by molar-refractivity contribution is 9.10. The highest BCUT2D eigenvalue weighted by atomic mass is 79.9. The van der Waals surface area contributed by atoms with E-state index in [0.717, 1.165) is 15.4 Å². The van der Waals surface area contributed by atoms with E-state index in [1.54, 1.807) is 7.11 Å². The molecule has 0 N–H and O–H groups in total. The summed E-state index contributed by atoms with van der Waals surface area (Å²) in [6.45, 7) is 0. The maximum Gasteiger partial charge on any atom is 0.228 e. The van der Waals surface area contributed by atoms with Crippen molar-refractivity contribution in [1.29, 1.82) is 0 Å². The highest BCUT2D eigenvalue weighted by Gasteiger charge is 2.09. The molecule has 0 spiro atoms. The molecule has 0 aliphatic carbocycles. The quantitative estimate of drug-likeness (QED) is 0.848. The summed E-state index contributed by atoms with van der Waals surface area (Å²) in [6.07, 6.45) is 0. The lowest BCUT2D eigenvalue weighted by molar-refractivity contribution is 0.403. The summed E-state index contributed by atoms with van der Waals surface area (Å²) >= 11 is 3.43. The molecule has 2 rings (SSSR count). The predicted molar refractivity (Wildman–Crippen MR) is 68.1 cm³/mol. The number of fused-ring (bicyclic) bond motifs is 1. The summed E-state index contributed by atoms with van der Waals surface area (Å²) in [5.41, 5.74) is 0.866. The maximum atomic E-state index is 5.27. The number of anilines is 1. The number of ether oxygens (including phenoxy) is 1. The van der Waals surface area contributed by atoms with E-state index < -0.39 is 0 Å². The molecule has 0 bridgehead atoms. The predicted octanol–water partition coefficient (Wildman–Crippen LogP) is 2.47. The average molecular weight is 282 g/mol. The molecule has 16 heavy (non-hydrogen) atoms. The van der Waals surface area contributed by atoms with Gasteiger partial charge in [-0.3, -0.25) is 0 Å². The van der Waals surface area contributed by atoms with Gasteiger partial charge in [0.2, 0.25) is 11.8 Å². The van der Waals surface area contributed by atoms with Crippen LogP contribution in [0.4, 0.5) is 5.95 Å². The molecule has 0 unspecified atom stereocenters. The minimum absolute atomic E-state index is 0.598. The Bertz CT molecular complexity index is 528. The number of aromatic nitrogens is 2.